The fourth-order valence-corrected chi connectivity index (χ4v) is 6.81. The molecule has 226 valence electrons. The van der Waals surface area contributed by atoms with Crippen LogP contribution in [0.2, 0.25) is 0 Å². The van der Waals surface area contributed by atoms with Crippen LogP contribution in [-0.4, -0.2) is 118 Å². The van der Waals surface area contributed by atoms with Gasteiger partial charge >= 0.3 is 18.1 Å². The van der Waals surface area contributed by atoms with Crippen LogP contribution >= 0.6 is 0 Å². The second-order valence-corrected chi connectivity index (χ2v) is 10.8. The molecule has 0 aromatic heterocycles. The molecule has 0 radical (unpaired) electrons. The van der Waals surface area contributed by atoms with Gasteiger partial charge in [-0.15, -0.1) is 0 Å². The Hall–Kier alpha value is -2.95. The Bertz CT molecular complexity index is 1240. The largest absolute Gasteiger partial charge is 0.493 e. The fraction of sp³-hybridized carbons (Fsp3) is 0.615. The summed E-state index contributed by atoms with van der Waals surface area (Å²) in [7, 11) is 3.75. The van der Waals surface area contributed by atoms with Gasteiger partial charge in [0.25, 0.3) is 0 Å². The summed E-state index contributed by atoms with van der Waals surface area (Å²) < 4.78 is 55.4. The van der Waals surface area contributed by atoms with Gasteiger partial charge in [0.2, 0.25) is 0 Å². The van der Waals surface area contributed by atoms with E-state index in [9.17, 15) is 38.4 Å². The van der Waals surface area contributed by atoms with Crippen molar-refractivity contribution >= 4 is 11.9 Å². The summed E-state index contributed by atoms with van der Waals surface area (Å²) in [5.74, 6) is -2.66. The molecule has 41 heavy (non-hydrogen) atoms. The van der Waals surface area contributed by atoms with Crippen LogP contribution in [0.5, 0.6) is 11.5 Å². The van der Waals surface area contributed by atoms with Crippen molar-refractivity contribution in [2.24, 2.45) is 5.92 Å². The molecule has 2 bridgehead atoms. The molecule has 1 aromatic carbocycles. The minimum absolute atomic E-state index is 0.188. The zero-order chi connectivity index (χ0) is 30.0. The van der Waals surface area contributed by atoms with Crippen LogP contribution in [0.25, 0.3) is 0 Å². The minimum atomic E-state index is -5.08. The molecule has 12 nitrogen and oxygen atoms in total. The zero-order valence-electron chi connectivity index (χ0n) is 21.9. The van der Waals surface area contributed by atoms with E-state index in [-0.39, 0.29) is 11.3 Å². The van der Waals surface area contributed by atoms with Gasteiger partial charge in [0.1, 0.15) is 30.5 Å². The predicted molar refractivity (Wildman–Crippen MR) is 129 cm³/mol. The number of likely N-dealkylation sites (N-methyl/N-ethyl adjacent to an activating group) is 1. The minimum Gasteiger partial charge on any atom is -0.493 e. The third-order valence-electron chi connectivity index (χ3n) is 8.68. The molecular weight excluding hydrogens is 559 g/mol. The van der Waals surface area contributed by atoms with Crippen molar-refractivity contribution in [2.45, 2.75) is 73.4 Å². The maximum absolute atomic E-state index is 11.5. The Morgan fingerprint density at radius 2 is 1.78 bits per heavy atom. The van der Waals surface area contributed by atoms with E-state index in [0.717, 1.165) is 24.9 Å². The number of methoxy groups -OCH3 is 1. The predicted octanol–water partition coefficient (Wildman–Crippen LogP) is 0.0509. The maximum atomic E-state index is 11.5. The van der Waals surface area contributed by atoms with Crippen molar-refractivity contribution in [1.29, 1.82) is 0 Å². The zero-order valence-corrected chi connectivity index (χ0v) is 21.9. The SMILES string of the molecule is COc1ccc2c3c1O[C@H]1[C@@H](O[C@@H]4O[C@H](C(=O)O)[C@@H](O)[C@H](O)[C@H]4O)C=C[C@H]4[C@@H](C2)N(C)CC[C@@]341.O=C(O)C(F)(F)F. The number of rotatable bonds is 4. The van der Waals surface area contributed by atoms with Crippen molar-refractivity contribution in [1.82, 2.24) is 4.90 Å². The van der Waals surface area contributed by atoms with Crippen molar-refractivity contribution in [3.63, 3.8) is 0 Å². The second kappa shape index (κ2) is 10.4. The molecule has 2 aliphatic carbocycles. The van der Waals surface area contributed by atoms with Gasteiger partial charge in [-0.2, -0.15) is 13.2 Å². The third kappa shape index (κ3) is 4.64. The molecule has 3 aliphatic heterocycles. The highest BCUT2D eigenvalue weighted by Gasteiger charge is 2.65. The lowest BCUT2D eigenvalue weighted by Crippen LogP contribution is -2.66. The molecule has 1 aromatic rings. The van der Waals surface area contributed by atoms with Gasteiger partial charge in [-0.25, -0.2) is 9.59 Å². The van der Waals surface area contributed by atoms with E-state index < -0.39 is 61.0 Å². The van der Waals surface area contributed by atoms with E-state index in [0.29, 0.717) is 17.5 Å². The lowest BCUT2D eigenvalue weighted by Gasteiger charge is -2.57. The smallest absolute Gasteiger partial charge is 0.490 e. The van der Waals surface area contributed by atoms with Gasteiger partial charge in [-0.1, -0.05) is 18.2 Å². The number of nitrogens with zero attached hydrogens (tertiary/aromatic N) is 1. The highest BCUT2D eigenvalue weighted by atomic mass is 19.4. The van der Waals surface area contributed by atoms with Gasteiger partial charge in [0.15, 0.2) is 23.9 Å². The van der Waals surface area contributed by atoms with Crippen LogP contribution in [0.1, 0.15) is 17.5 Å². The first-order valence-corrected chi connectivity index (χ1v) is 12.9. The number of carbonyl (C=O) groups is 2. The standard InChI is InChI=1S/C24H29NO9.C2HF3O2/c1-25-8-7-24-11-4-6-14(32-23-18(28)16(26)17(27)20(34-23)22(29)30)21(24)33-19-13(31-2)5-3-10(15(19)24)9-12(11)25;3-2(4,5)1(6)7/h3-6,11-12,14,16-18,20-21,23,26-28H,7-9H2,1-2H3,(H,29,30);(H,6,7)/t11-,12+,14-,16-,17-,18+,20-,21-,23+,24-;/m0./s1. The number of aliphatic hydroxyl groups excluding tert-OH is 3. The number of piperidine rings is 1. The number of hydrogen-bond donors (Lipinski definition) is 5. The maximum Gasteiger partial charge on any atom is 0.490 e. The quantitative estimate of drug-likeness (QED) is 0.299. The van der Waals surface area contributed by atoms with Gasteiger partial charge in [-0.05, 0) is 38.1 Å². The molecular formula is C26H30F3NO11. The van der Waals surface area contributed by atoms with E-state index in [4.69, 9.17) is 28.8 Å². The first-order valence-electron chi connectivity index (χ1n) is 12.9. The van der Waals surface area contributed by atoms with E-state index in [1.54, 1.807) is 7.11 Å². The van der Waals surface area contributed by atoms with Crippen molar-refractivity contribution in [2.75, 3.05) is 20.7 Å². The molecule has 1 spiro atoms. The summed E-state index contributed by atoms with van der Waals surface area (Å²) in [5, 5.41) is 47.3. The normalized spacial score (nSPS) is 38.7. The number of likely N-dealkylation sites (tertiary alicyclic amines) is 1. The summed E-state index contributed by atoms with van der Waals surface area (Å²) in [6, 6.07) is 4.32. The molecule has 2 saturated heterocycles. The lowest BCUT2D eigenvalue weighted by molar-refractivity contribution is -0.307. The highest BCUT2D eigenvalue weighted by Crippen LogP contribution is 2.62. The molecule has 15 heteroatoms. The van der Waals surface area contributed by atoms with Crippen LogP contribution < -0.4 is 9.47 Å². The highest BCUT2D eigenvalue weighted by molar-refractivity contribution is 5.73. The second-order valence-electron chi connectivity index (χ2n) is 10.8. The van der Waals surface area contributed by atoms with Crippen LogP contribution in [0.15, 0.2) is 24.3 Å². The molecule has 5 N–H and O–H groups in total. The van der Waals surface area contributed by atoms with E-state index in [2.05, 4.69) is 24.1 Å². The summed E-state index contributed by atoms with van der Waals surface area (Å²) in [6.07, 6.45) is -8.77. The van der Waals surface area contributed by atoms with Gasteiger partial charge in [-0.3, -0.25) is 0 Å². The number of benzene rings is 1. The van der Waals surface area contributed by atoms with Crippen molar-refractivity contribution in [3.8, 4) is 11.5 Å². The van der Waals surface area contributed by atoms with Crippen LogP contribution in [-0.2, 0) is 30.9 Å². The number of aliphatic hydroxyl groups is 3. The first-order chi connectivity index (χ1) is 19.2. The van der Waals surface area contributed by atoms with E-state index in [1.165, 1.54) is 5.56 Å². The summed E-state index contributed by atoms with van der Waals surface area (Å²) >= 11 is 0. The Morgan fingerprint density at radius 1 is 1.10 bits per heavy atom. The molecule has 2 fully saturated rings. The van der Waals surface area contributed by atoms with E-state index >= 15 is 0 Å². The van der Waals surface area contributed by atoms with Crippen molar-refractivity contribution in [3.05, 3.63) is 35.4 Å². The fourth-order valence-electron chi connectivity index (χ4n) is 6.81. The molecule has 3 heterocycles. The van der Waals surface area contributed by atoms with Crippen molar-refractivity contribution < 1.29 is 67.2 Å². The Morgan fingerprint density at radius 3 is 2.39 bits per heavy atom. The number of alkyl halides is 3. The Kier molecular flexibility index (Phi) is 7.49. The molecule has 0 amide bonds. The summed E-state index contributed by atoms with van der Waals surface area (Å²) in [4.78, 5) is 22.8. The van der Waals surface area contributed by atoms with Gasteiger partial charge < -0.3 is 49.4 Å². The average Bonchev–Trinajstić information content (AvgIpc) is 3.26. The van der Waals surface area contributed by atoms with E-state index in [1.807, 2.05) is 12.1 Å². The Balaban J connectivity index is 0.000000431. The monoisotopic (exact) mass is 589 g/mol. The third-order valence-corrected chi connectivity index (χ3v) is 8.68. The topological polar surface area (TPSA) is 175 Å². The molecule has 10 atom stereocenters. The number of halogens is 3. The average molecular weight is 590 g/mol. The van der Waals surface area contributed by atoms with Crippen LogP contribution in [0, 0.1) is 5.92 Å². The van der Waals surface area contributed by atoms with Crippen LogP contribution in [0.4, 0.5) is 13.2 Å². The van der Waals surface area contributed by atoms with Gasteiger partial charge in [0, 0.05) is 22.9 Å². The molecule has 0 saturated carbocycles. The number of carboxylic acids is 2. The first kappa shape index (κ1) is 29.5. The number of carboxylic acid groups (broad SMARTS) is 2. The summed E-state index contributed by atoms with van der Waals surface area (Å²) in [6.45, 7) is 0.881. The van der Waals surface area contributed by atoms with Gasteiger partial charge in [0.05, 0.1) is 7.11 Å². The Labute approximate surface area is 231 Å². The molecule has 0 unspecified atom stereocenters. The summed E-state index contributed by atoms with van der Waals surface area (Å²) in [5.41, 5.74) is 2.00. The molecule has 5 aliphatic rings. The van der Waals surface area contributed by atoms with Crippen LogP contribution in [0.3, 0.4) is 0 Å². The number of hydrogen-bond acceptors (Lipinski definition) is 10. The number of aliphatic carboxylic acids is 2. The molecule has 6 rings (SSSR count). The number of ether oxygens (including phenoxy) is 4. The lowest BCUT2D eigenvalue weighted by atomic mass is 9.53.